The Bertz CT molecular complexity index is 1350. The molecule has 4 aromatic rings. The van der Waals surface area contributed by atoms with Crippen molar-refractivity contribution in [1.82, 2.24) is 24.3 Å². The number of nitrogens with zero attached hydrogens (tertiary/aromatic N) is 6. The van der Waals surface area contributed by atoms with Crippen molar-refractivity contribution >= 4 is 5.69 Å². The van der Waals surface area contributed by atoms with E-state index in [1.807, 2.05) is 11.5 Å². The van der Waals surface area contributed by atoms with Gasteiger partial charge in [0.2, 0.25) is 5.88 Å². The van der Waals surface area contributed by atoms with Crippen molar-refractivity contribution < 1.29 is 26.7 Å². The first-order chi connectivity index (χ1) is 16.7. The van der Waals surface area contributed by atoms with Crippen LogP contribution in [0.1, 0.15) is 17.2 Å². The maximum Gasteiger partial charge on any atom is 0.435 e. The Morgan fingerprint density at radius 2 is 1.74 bits per heavy atom. The van der Waals surface area contributed by atoms with Crippen molar-refractivity contribution in [3.05, 3.63) is 72.1 Å². The summed E-state index contributed by atoms with van der Waals surface area (Å²) in [5.74, 6) is 0.554. The van der Waals surface area contributed by atoms with Gasteiger partial charge in [0.05, 0.1) is 29.2 Å². The van der Waals surface area contributed by atoms with Crippen LogP contribution < -0.4 is 9.64 Å². The maximum absolute atomic E-state index is 12.9. The molecule has 1 aliphatic heterocycles. The summed E-state index contributed by atoms with van der Waals surface area (Å²) in [5.41, 5.74) is 2.10. The zero-order chi connectivity index (χ0) is 24.7. The highest BCUT2D eigenvalue weighted by Gasteiger charge is 2.33. The first-order valence-corrected chi connectivity index (χ1v) is 10.6. The third-order valence-corrected chi connectivity index (χ3v) is 5.78. The van der Waals surface area contributed by atoms with Gasteiger partial charge in [-0.15, -0.1) is 0 Å². The normalized spacial score (nSPS) is 13.9. The van der Waals surface area contributed by atoms with Gasteiger partial charge in [0.15, 0.2) is 5.69 Å². The van der Waals surface area contributed by atoms with E-state index in [1.54, 1.807) is 36.4 Å². The van der Waals surface area contributed by atoms with E-state index in [9.17, 15) is 22.0 Å². The number of ether oxygens (including phenoxy) is 1. The number of rotatable bonds is 5. The van der Waals surface area contributed by atoms with Crippen LogP contribution in [0.3, 0.4) is 0 Å². The minimum atomic E-state index is -4.51. The lowest BCUT2D eigenvalue weighted by Crippen LogP contribution is -2.34. The largest absolute Gasteiger partial charge is 0.435 e. The third-order valence-electron chi connectivity index (χ3n) is 5.78. The van der Waals surface area contributed by atoms with Crippen LogP contribution >= 0.6 is 0 Å². The average molecular weight is 490 g/mol. The summed E-state index contributed by atoms with van der Waals surface area (Å²) < 4.78 is 72.2. The molecule has 3 aromatic heterocycles. The molecular weight excluding hydrogens is 471 g/mol. The van der Waals surface area contributed by atoms with Crippen LogP contribution in [-0.4, -0.2) is 37.5 Å². The van der Waals surface area contributed by atoms with E-state index in [-0.39, 0.29) is 5.88 Å². The van der Waals surface area contributed by atoms with Gasteiger partial charge >= 0.3 is 12.8 Å². The molecule has 7 nitrogen and oxygen atoms in total. The number of imidazole rings is 1. The van der Waals surface area contributed by atoms with E-state index in [0.29, 0.717) is 36.6 Å². The number of hydrogen-bond acceptors (Lipinski definition) is 5. The molecule has 1 aromatic carbocycles. The highest BCUT2D eigenvalue weighted by Crippen LogP contribution is 2.35. The summed E-state index contributed by atoms with van der Waals surface area (Å²) >= 11 is 0. The summed E-state index contributed by atoms with van der Waals surface area (Å²) in [6, 6.07) is 11.2. The Morgan fingerprint density at radius 1 is 1.00 bits per heavy atom. The fourth-order valence-electron chi connectivity index (χ4n) is 4.17. The molecule has 0 N–H and O–H groups in total. The van der Waals surface area contributed by atoms with Gasteiger partial charge in [-0.25, -0.2) is 14.6 Å². The summed E-state index contributed by atoms with van der Waals surface area (Å²) in [4.78, 5) is 10.6. The van der Waals surface area contributed by atoms with Gasteiger partial charge < -0.3 is 14.2 Å². The Hall–Kier alpha value is -3.96. The van der Waals surface area contributed by atoms with E-state index in [4.69, 9.17) is 0 Å². The SMILES string of the molecule is Cc1nc(-c2cccnc2OC(F)F)c2n1CCN(c1ccc(-n3ccc(C(F)(F)F)n3)cc1)C2. The Labute approximate surface area is 196 Å². The molecule has 0 fully saturated rings. The molecule has 0 atom stereocenters. The average Bonchev–Trinajstić information content (AvgIpc) is 3.45. The van der Waals surface area contributed by atoms with Crippen molar-refractivity contribution in [2.45, 2.75) is 32.8 Å². The van der Waals surface area contributed by atoms with Gasteiger partial charge in [0.25, 0.3) is 0 Å². The predicted molar refractivity (Wildman–Crippen MR) is 116 cm³/mol. The number of anilines is 1. The second kappa shape index (κ2) is 8.67. The van der Waals surface area contributed by atoms with Crippen molar-refractivity contribution in [2.75, 3.05) is 11.4 Å². The second-order valence-corrected chi connectivity index (χ2v) is 7.92. The fraction of sp³-hybridized carbons (Fsp3) is 0.261. The molecule has 12 heteroatoms. The zero-order valence-corrected chi connectivity index (χ0v) is 18.4. The van der Waals surface area contributed by atoms with Crippen molar-refractivity contribution in [1.29, 1.82) is 0 Å². The van der Waals surface area contributed by atoms with Crippen LogP contribution in [0.5, 0.6) is 5.88 Å². The van der Waals surface area contributed by atoms with Gasteiger partial charge in [-0.05, 0) is 49.4 Å². The van der Waals surface area contributed by atoms with Gasteiger partial charge in [-0.3, -0.25) is 0 Å². The van der Waals surface area contributed by atoms with Crippen LogP contribution in [0, 0.1) is 6.92 Å². The first-order valence-electron chi connectivity index (χ1n) is 10.6. The summed E-state index contributed by atoms with van der Waals surface area (Å²) in [6.45, 7) is 0.561. The lowest BCUT2D eigenvalue weighted by Gasteiger charge is -2.31. The van der Waals surface area contributed by atoms with Crippen LogP contribution in [0.2, 0.25) is 0 Å². The maximum atomic E-state index is 12.9. The number of aryl methyl sites for hydroxylation is 1. The molecule has 0 amide bonds. The number of pyridine rings is 1. The molecule has 5 rings (SSSR count). The highest BCUT2D eigenvalue weighted by molar-refractivity contribution is 5.68. The number of aromatic nitrogens is 5. The van der Waals surface area contributed by atoms with E-state index >= 15 is 0 Å². The molecule has 4 heterocycles. The molecule has 35 heavy (non-hydrogen) atoms. The van der Waals surface area contributed by atoms with E-state index < -0.39 is 18.5 Å². The highest BCUT2D eigenvalue weighted by atomic mass is 19.4. The minimum absolute atomic E-state index is 0.192. The molecule has 1 aliphatic rings. The molecule has 0 spiro atoms. The van der Waals surface area contributed by atoms with Crippen molar-refractivity contribution in [3.8, 4) is 22.8 Å². The second-order valence-electron chi connectivity index (χ2n) is 7.92. The van der Waals surface area contributed by atoms with Crippen LogP contribution in [0.15, 0.2) is 54.9 Å². The molecule has 0 saturated heterocycles. The number of fused-ring (bicyclic) bond motifs is 1. The molecule has 0 aliphatic carbocycles. The Morgan fingerprint density at radius 3 is 2.43 bits per heavy atom. The monoisotopic (exact) mass is 490 g/mol. The van der Waals surface area contributed by atoms with E-state index in [2.05, 4.69) is 24.7 Å². The molecule has 182 valence electrons. The van der Waals surface area contributed by atoms with Crippen LogP contribution in [0.4, 0.5) is 27.6 Å². The minimum Gasteiger partial charge on any atom is -0.416 e. The zero-order valence-electron chi connectivity index (χ0n) is 18.4. The van der Waals surface area contributed by atoms with Gasteiger partial charge in [-0.2, -0.15) is 27.1 Å². The molecular formula is C23H19F5N6O. The van der Waals surface area contributed by atoms with Crippen molar-refractivity contribution in [2.24, 2.45) is 0 Å². The Kier molecular flexibility index (Phi) is 5.65. The van der Waals surface area contributed by atoms with Crippen LogP contribution in [-0.2, 0) is 19.3 Å². The quantitative estimate of drug-likeness (QED) is 0.365. The standard InChI is InChI=1S/C23H19F5N6O/c1-14-30-20(17-3-2-9-29-21(17)35-22(24)25)18-13-32(11-12-33(14)18)15-4-6-16(7-5-15)34-10-8-19(31-34)23(26,27)28/h2-10,22H,11-13H2,1H3. The smallest absolute Gasteiger partial charge is 0.416 e. The van der Waals surface area contributed by atoms with Crippen molar-refractivity contribution in [3.63, 3.8) is 0 Å². The van der Waals surface area contributed by atoms with Gasteiger partial charge in [0, 0.05) is 31.2 Å². The van der Waals surface area contributed by atoms with Crippen LogP contribution in [0.25, 0.3) is 16.9 Å². The Balaban J connectivity index is 1.42. The molecule has 0 saturated carbocycles. The summed E-state index contributed by atoms with van der Waals surface area (Å²) in [7, 11) is 0. The molecule has 0 unspecified atom stereocenters. The number of halogens is 5. The number of alkyl halides is 5. The third kappa shape index (κ3) is 4.43. The molecule has 0 bridgehead atoms. The lowest BCUT2D eigenvalue weighted by atomic mass is 10.1. The summed E-state index contributed by atoms with van der Waals surface area (Å²) in [6.07, 6.45) is -1.87. The van der Waals surface area contributed by atoms with E-state index in [0.717, 1.165) is 23.3 Å². The molecule has 0 radical (unpaired) electrons. The van der Waals surface area contributed by atoms with E-state index in [1.165, 1.54) is 17.1 Å². The topological polar surface area (TPSA) is 61.0 Å². The predicted octanol–water partition coefficient (Wildman–Crippen LogP) is 5.08. The lowest BCUT2D eigenvalue weighted by molar-refractivity contribution is -0.141. The first kappa shape index (κ1) is 22.8. The van der Waals surface area contributed by atoms with Gasteiger partial charge in [0.1, 0.15) is 5.82 Å². The number of benzene rings is 1. The fourth-order valence-corrected chi connectivity index (χ4v) is 4.17. The summed E-state index contributed by atoms with van der Waals surface area (Å²) in [5, 5.41) is 3.60. The number of hydrogen-bond donors (Lipinski definition) is 0. The van der Waals surface area contributed by atoms with Gasteiger partial charge in [-0.1, -0.05) is 0 Å².